The Morgan fingerprint density at radius 1 is 1.26 bits per heavy atom. The maximum Gasteiger partial charge on any atom is 0.310 e. The van der Waals surface area contributed by atoms with Crippen molar-refractivity contribution < 1.29 is 9.53 Å². The fourth-order valence-corrected chi connectivity index (χ4v) is 3.11. The normalized spacial score (nSPS) is 11.5. The van der Waals surface area contributed by atoms with Crippen LogP contribution in [0.3, 0.4) is 0 Å². The smallest absolute Gasteiger partial charge is 0.310 e. The summed E-state index contributed by atoms with van der Waals surface area (Å²) in [6, 6.07) is 18.1. The average molecular weight is 325 g/mol. The molecule has 2 aromatic rings. The lowest BCUT2D eigenvalue weighted by Crippen LogP contribution is -2.09. The number of hydrogen-bond donors (Lipinski definition) is 0. The van der Waals surface area contributed by atoms with Crippen LogP contribution in [0, 0.1) is 11.3 Å². The molecule has 0 radical (unpaired) electrons. The van der Waals surface area contributed by atoms with E-state index in [0.717, 1.165) is 20.9 Å². The lowest BCUT2D eigenvalue weighted by Gasteiger charge is -2.12. The lowest BCUT2D eigenvalue weighted by molar-refractivity contribution is -0.142. The summed E-state index contributed by atoms with van der Waals surface area (Å²) in [6.07, 6.45) is 0.217. The van der Waals surface area contributed by atoms with Crippen LogP contribution in [0.1, 0.15) is 30.9 Å². The topological polar surface area (TPSA) is 50.1 Å². The summed E-state index contributed by atoms with van der Waals surface area (Å²) in [5, 5.41) is 9.10. The van der Waals surface area contributed by atoms with E-state index in [9.17, 15) is 4.79 Å². The Hall–Kier alpha value is -2.25. The second-order valence-corrected chi connectivity index (χ2v) is 6.23. The van der Waals surface area contributed by atoms with Crippen LogP contribution < -0.4 is 0 Å². The number of carbonyl (C=O) groups is 1. The summed E-state index contributed by atoms with van der Waals surface area (Å²) >= 11 is 1.61. The van der Waals surface area contributed by atoms with Gasteiger partial charge in [0, 0.05) is 9.79 Å². The van der Waals surface area contributed by atoms with Crippen molar-refractivity contribution in [1.82, 2.24) is 0 Å². The Morgan fingerprint density at radius 2 is 2.00 bits per heavy atom. The van der Waals surface area contributed by atoms with Gasteiger partial charge in [0.05, 0.1) is 25.0 Å². The van der Waals surface area contributed by atoms with Crippen LogP contribution in [0.5, 0.6) is 0 Å². The zero-order valence-corrected chi connectivity index (χ0v) is 14.1. The average Bonchev–Trinajstić information content (AvgIpc) is 2.57. The summed E-state index contributed by atoms with van der Waals surface area (Å²) in [7, 11) is 0. The molecule has 0 saturated heterocycles. The Balaban J connectivity index is 2.32. The first-order valence-corrected chi connectivity index (χ1v) is 8.36. The first-order valence-electron chi connectivity index (χ1n) is 7.55. The highest BCUT2D eigenvalue weighted by Crippen LogP contribution is 2.32. The standard InChI is InChI=1S/C19H19NO2S/c1-3-22-19(21)12-16-11-15(14(2)13-20)9-10-18(16)23-17-7-5-4-6-8-17/h4-11,14H,3,12H2,1-2H3. The molecule has 0 aliphatic rings. The van der Waals surface area contributed by atoms with Crippen LogP contribution in [0.25, 0.3) is 0 Å². The van der Waals surface area contributed by atoms with Gasteiger partial charge in [-0.3, -0.25) is 4.79 Å². The Bertz CT molecular complexity index is 707. The van der Waals surface area contributed by atoms with Gasteiger partial charge in [0.25, 0.3) is 0 Å². The van der Waals surface area contributed by atoms with Gasteiger partial charge in [0.15, 0.2) is 0 Å². The molecule has 4 heteroatoms. The molecule has 0 amide bonds. The number of nitrogens with zero attached hydrogens (tertiary/aromatic N) is 1. The summed E-state index contributed by atoms with van der Waals surface area (Å²) in [6.45, 7) is 4.02. The summed E-state index contributed by atoms with van der Waals surface area (Å²) in [5.74, 6) is -0.448. The number of benzene rings is 2. The minimum absolute atomic E-state index is 0.202. The monoisotopic (exact) mass is 325 g/mol. The van der Waals surface area contributed by atoms with Crippen LogP contribution in [0.15, 0.2) is 58.3 Å². The third-order valence-electron chi connectivity index (χ3n) is 3.39. The predicted octanol–water partition coefficient (Wildman–Crippen LogP) is 4.57. The molecule has 0 aliphatic carbocycles. The van der Waals surface area contributed by atoms with Crippen molar-refractivity contribution in [2.24, 2.45) is 0 Å². The molecule has 2 aromatic carbocycles. The van der Waals surface area contributed by atoms with Crippen molar-refractivity contribution in [2.75, 3.05) is 6.61 Å². The van der Waals surface area contributed by atoms with E-state index in [4.69, 9.17) is 10.00 Å². The molecule has 0 bridgehead atoms. The van der Waals surface area contributed by atoms with Gasteiger partial charge in [0.1, 0.15) is 0 Å². The first-order chi connectivity index (χ1) is 11.1. The van der Waals surface area contributed by atoms with E-state index in [1.807, 2.05) is 55.5 Å². The molecular weight excluding hydrogens is 306 g/mol. The molecule has 118 valence electrons. The molecule has 0 aliphatic heterocycles. The lowest BCUT2D eigenvalue weighted by atomic mass is 9.99. The molecule has 1 unspecified atom stereocenters. The zero-order valence-electron chi connectivity index (χ0n) is 13.3. The number of rotatable bonds is 6. The van der Waals surface area contributed by atoms with Crippen molar-refractivity contribution in [3.63, 3.8) is 0 Å². The van der Waals surface area contributed by atoms with Crippen molar-refractivity contribution in [3.05, 3.63) is 59.7 Å². The number of nitriles is 1. The Morgan fingerprint density at radius 3 is 2.65 bits per heavy atom. The Kier molecular flexibility index (Phi) is 6.25. The number of ether oxygens (including phenoxy) is 1. The van der Waals surface area contributed by atoms with Crippen LogP contribution in [0.2, 0.25) is 0 Å². The van der Waals surface area contributed by atoms with Gasteiger partial charge in [-0.15, -0.1) is 0 Å². The molecule has 3 nitrogen and oxygen atoms in total. The van der Waals surface area contributed by atoms with E-state index in [0.29, 0.717) is 6.61 Å². The molecule has 0 spiro atoms. The minimum atomic E-state index is -0.246. The third kappa shape index (κ3) is 4.87. The maximum absolute atomic E-state index is 11.9. The van der Waals surface area contributed by atoms with E-state index in [1.165, 1.54) is 0 Å². The van der Waals surface area contributed by atoms with Crippen LogP contribution in [-0.2, 0) is 16.0 Å². The van der Waals surface area contributed by atoms with Crippen LogP contribution in [-0.4, -0.2) is 12.6 Å². The molecule has 0 fully saturated rings. The number of carbonyl (C=O) groups excluding carboxylic acids is 1. The fraction of sp³-hybridized carbons (Fsp3) is 0.263. The van der Waals surface area contributed by atoms with Crippen molar-refractivity contribution in [2.45, 2.75) is 36.0 Å². The van der Waals surface area contributed by atoms with Gasteiger partial charge < -0.3 is 4.74 Å². The fourth-order valence-electron chi connectivity index (χ4n) is 2.16. The molecule has 0 saturated carbocycles. The van der Waals surface area contributed by atoms with Gasteiger partial charge >= 0.3 is 5.97 Å². The van der Waals surface area contributed by atoms with Gasteiger partial charge in [-0.2, -0.15) is 5.26 Å². The molecule has 23 heavy (non-hydrogen) atoms. The highest BCUT2D eigenvalue weighted by atomic mass is 32.2. The zero-order chi connectivity index (χ0) is 16.7. The van der Waals surface area contributed by atoms with Gasteiger partial charge in [0.2, 0.25) is 0 Å². The van der Waals surface area contributed by atoms with Crippen LogP contribution >= 0.6 is 11.8 Å². The predicted molar refractivity (Wildman–Crippen MR) is 91.4 cm³/mol. The highest BCUT2D eigenvalue weighted by Gasteiger charge is 2.13. The number of esters is 1. The summed E-state index contributed by atoms with van der Waals surface area (Å²) in [5.41, 5.74) is 1.82. The van der Waals surface area contributed by atoms with Gasteiger partial charge in [-0.1, -0.05) is 42.1 Å². The molecule has 0 N–H and O–H groups in total. The van der Waals surface area contributed by atoms with Gasteiger partial charge in [-0.05, 0) is 43.2 Å². The van der Waals surface area contributed by atoms with E-state index in [2.05, 4.69) is 6.07 Å². The van der Waals surface area contributed by atoms with E-state index in [-0.39, 0.29) is 18.3 Å². The van der Waals surface area contributed by atoms with Gasteiger partial charge in [-0.25, -0.2) is 0 Å². The molecule has 1 atom stereocenters. The van der Waals surface area contributed by atoms with Crippen molar-refractivity contribution in [3.8, 4) is 6.07 Å². The molecular formula is C19H19NO2S. The second-order valence-electron chi connectivity index (χ2n) is 5.11. The van der Waals surface area contributed by atoms with Crippen molar-refractivity contribution in [1.29, 1.82) is 5.26 Å². The largest absolute Gasteiger partial charge is 0.466 e. The van der Waals surface area contributed by atoms with Crippen LogP contribution in [0.4, 0.5) is 0 Å². The van der Waals surface area contributed by atoms with E-state index < -0.39 is 0 Å². The first kappa shape index (κ1) is 17.1. The second kappa shape index (κ2) is 8.40. The number of hydrogen-bond acceptors (Lipinski definition) is 4. The molecule has 2 rings (SSSR count). The van der Waals surface area contributed by atoms with E-state index in [1.54, 1.807) is 18.7 Å². The molecule has 0 aromatic heterocycles. The summed E-state index contributed by atoms with van der Waals surface area (Å²) in [4.78, 5) is 14.0. The van der Waals surface area contributed by atoms with Crippen molar-refractivity contribution >= 4 is 17.7 Å². The quantitative estimate of drug-likeness (QED) is 0.730. The molecule has 0 heterocycles. The minimum Gasteiger partial charge on any atom is -0.466 e. The third-order valence-corrected chi connectivity index (χ3v) is 4.52. The Labute approximate surface area is 141 Å². The summed E-state index contributed by atoms with van der Waals surface area (Å²) < 4.78 is 5.06. The van der Waals surface area contributed by atoms with E-state index >= 15 is 0 Å². The highest BCUT2D eigenvalue weighted by molar-refractivity contribution is 7.99. The SMILES string of the molecule is CCOC(=O)Cc1cc(C(C)C#N)ccc1Sc1ccccc1. The maximum atomic E-state index is 11.9.